The molecule has 2 aromatic carbocycles. The Balaban J connectivity index is 1.85. The zero-order chi connectivity index (χ0) is 16.2. The van der Waals surface area contributed by atoms with Crippen LogP contribution in [-0.2, 0) is 6.61 Å². The fourth-order valence-corrected chi connectivity index (χ4v) is 4.02. The number of aliphatic imine (C=N–C) groups is 1. The number of aryl methyl sites for hydroxylation is 1. The minimum atomic E-state index is 0.536. The van der Waals surface area contributed by atoms with Crippen LogP contribution < -0.4 is 9.47 Å². The van der Waals surface area contributed by atoms with E-state index in [1.165, 1.54) is 11.1 Å². The molecule has 0 aliphatic carbocycles. The lowest BCUT2D eigenvalue weighted by Crippen LogP contribution is -2.03. The van der Waals surface area contributed by atoms with Gasteiger partial charge in [0, 0.05) is 17.9 Å². The van der Waals surface area contributed by atoms with Crippen LogP contribution in [0.2, 0.25) is 0 Å². The molecule has 23 heavy (non-hydrogen) atoms. The number of rotatable bonds is 5. The maximum atomic E-state index is 6.06. The minimum Gasteiger partial charge on any atom is -0.493 e. The normalized spacial score (nSPS) is 13.8. The Morgan fingerprint density at radius 2 is 2.09 bits per heavy atom. The molecule has 1 aliphatic heterocycles. The van der Waals surface area contributed by atoms with Crippen LogP contribution in [0.15, 0.2) is 41.4 Å². The van der Waals surface area contributed by atoms with E-state index in [2.05, 4.69) is 52.7 Å². The third-order valence-corrected chi connectivity index (χ3v) is 5.52. The number of hydrogen-bond acceptors (Lipinski definition) is 4. The molecular formula is C18H18INO2S. The maximum absolute atomic E-state index is 6.06. The summed E-state index contributed by atoms with van der Waals surface area (Å²) in [5.74, 6) is 2.61. The molecule has 0 bridgehead atoms. The molecule has 3 rings (SSSR count). The van der Waals surface area contributed by atoms with Gasteiger partial charge < -0.3 is 9.47 Å². The van der Waals surface area contributed by atoms with E-state index in [1.807, 2.05) is 18.2 Å². The molecule has 3 nitrogen and oxygen atoms in total. The summed E-state index contributed by atoms with van der Waals surface area (Å²) in [6.07, 6.45) is 0. The van der Waals surface area contributed by atoms with Crippen molar-refractivity contribution < 1.29 is 9.47 Å². The molecule has 0 atom stereocenters. The molecular weight excluding hydrogens is 421 g/mol. The molecule has 0 saturated heterocycles. The summed E-state index contributed by atoms with van der Waals surface area (Å²) in [7, 11) is 1.68. The molecule has 0 N–H and O–H groups in total. The summed E-state index contributed by atoms with van der Waals surface area (Å²) >= 11 is 4.10. The Bertz CT molecular complexity index is 746. The fourth-order valence-electron chi connectivity index (χ4n) is 2.42. The van der Waals surface area contributed by atoms with Crippen LogP contribution in [0.4, 0.5) is 0 Å². The third kappa shape index (κ3) is 3.83. The Morgan fingerprint density at radius 3 is 2.78 bits per heavy atom. The van der Waals surface area contributed by atoms with Gasteiger partial charge in [0.1, 0.15) is 6.61 Å². The van der Waals surface area contributed by atoms with Gasteiger partial charge in [-0.15, -0.1) is 11.8 Å². The van der Waals surface area contributed by atoms with Gasteiger partial charge in [-0.2, -0.15) is 0 Å². The SMILES string of the molecule is COc1cc(C2=NCCS2)cc(I)c1OCc1ccccc1C. The standard InChI is InChI=1S/C18H18INO2S/c1-12-5-3-4-6-13(12)11-22-17-15(19)9-14(10-16(17)21-2)18-20-7-8-23-18/h3-6,9-10H,7-8,11H2,1-2H3. The van der Waals surface area contributed by atoms with Crippen LogP contribution in [0.1, 0.15) is 16.7 Å². The fraction of sp³-hybridized carbons (Fsp3) is 0.278. The third-order valence-electron chi connectivity index (χ3n) is 3.70. The van der Waals surface area contributed by atoms with E-state index in [4.69, 9.17) is 9.47 Å². The molecule has 2 aromatic rings. The predicted octanol–water partition coefficient (Wildman–Crippen LogP) is 4.68. The van der Waals surface area contributed by atoms with Crippen LogP contribution >= 0.6 is 34.4 Å². The van der Waals surface area contributed by atoms with Crippen LogP contribution in [0, 0.1) is 10.5 Å². The van der Waals surface area contributed by atoms with E-state index in [0.29, 0.717) is 6.61 Å². The summed E-state index contributed by atoms with van der Waals surface area (Å²) in [5, 5.41) is 1.09. The highest BCUT2D eigenvalue weighted by Gasteiger charge is 2.17. The lowest BCUT2D eigenvalue weighted by Gasteiger charge is -2.15. The molecule has 0 fully saturated rings. The Kier molecular flexibility index (Phi) is 5.48. The average molecular weight is 439 g/mol. The van der Waals surface area contributed by atoms with Gasteiger partial charge in [0.05, 0.1) is 15.7 Å². The lowest BCUT2D eigenvalue weighted by atomic mass is 10.1. The molecule has 0 saturated carbocycles. The Morgan fingerprint density at radius 1 is 1.26 bits per heavy atom. The number of methoxy groups -OCH3 is 1. The molecule has 0 aromatic heterocycles. The van der Waals surface area contributed by atoms with Gasteiger partial charge in [0.25, 0.3) is 0 Å². The van der Waals surface area contributed by atoms with Crippen LogP contribution in [0.5, 0.6) is 11.5 Å². The van der Waals surface area contributed by atoms with Gasteiger partial charge in [-0.05, 0) is 52.8 Å². The second-order valence-corrected chi connectivity index (χ2v) is 7.49. The molecule has 120 valence electrons. The van der Waals surface area contributed by atoms with Crippen LogP contribution in [-0.4, -0.2) is 24.5 Å². The first-order valence-corrected chi connectivity index (χ1v) is 9.48. The van der Waals surface area contributed by atoms with Gasteiger partial charge in [-0.25, -0.2) is 0 Å². The topological polar surface area (TPSA) is 30.8 Å². The predicted molar refractivity (Wildman–Crippen MR) is 105 cm³/mol. The summed E-state index contributed by atoms with van der Waals surface area (Å²) < 4.78 is 12.7. The molecule has 5 heteroatoms. The highest BCUT2D eigenvalue weighted by atomic mass is 127. The number of halogens is 1. The van der Waals surface area contributed by atoms with E-state index >= 15 is 0 Å². The van der Waals surface area contributed by atoms with E-state index in [1.54, 1.807) is 18.9 Å². The number of nitrogens with zero attached hydrogens (tertiary/aromatic N) is 1. The zero-order valence-corrected chi connectivity index (χ0v) is 16.1. The molecule has 1 heterocycles. The maximum Gasteiger partial charge on any atom is 0.174 e. The van der Waals surface area contributed by atoms with Gasteiger partial charge in [-0.1, -0.05) is 24.3 Å². The first kappa shape index (κ1) is 16.6. The monoisotopic (exact) mass is 439 g/mol. The summed E-state index contributed by atoms with van der Waals surface area (Å²) in [4.78, 5) is 4.54. The number of ether oxygens (including phenoxy) is 2. The van der Waals surface area contributed by atoms with E-state index in [-0.39, 0.29) is 0 Å². The summed E-state index contributed by atoms with van der Waals surface area (Å²) in [6, 6.07) is 12.4. The molecule has 0 radical (unpaired) electrons. The van der Waals surface area contributed by atoms with Gasteiger partial charge in [0.2, 0.25) is 0 Å². The first-order chi connectivity index (χ1) is 11.2. The smallest absolute Gasteiger partial charge is 0.174 e. The molecule has 0 unspecified atom stereocenters. The molecule has 0 spiro atoms. The van der Waals surface area contributed by atoms with Crippen molar-refractivity contribution in [2.75, 3.05) is 19.4 Å². The second kappa shape index (κ2) is 7.57. The number of benzene rings is 2. The summed E-state index contributed by atoms with van der Waals surface area (Å²) in [5.41, 5.74) is 3.52. The number of hydrogen-bond donors (Lipinski definition) is 0. The van der Waals surface area contributed by atoms with E-state index in [9.17, 15) is 0 Å². The number of thioether (sulfide) groups is 1. The molecule has 1 aliphatic rings. The van der Waals surface area contributed by atoms with Crippen molar-refractivity contribution in [1.29, 1.82) is 0 Å². The van der Waals surface area contributed by atoms with Crippen molar-refractivity contribution in [2.24, 2.45) is 4.99 Å². The second-order valence-electron chi connectivity index (χ2n) is 5.24. The van der Waals surface area contributed by atoms with Crippen molar-refractivity contribution in [1.82, 2.24) is 0 Å². The van der Waals surface area contributed by atoms with Gasteiger partial charge in [-0.3, -0.25) is 4.99 Å². The summed E-state index contributed by atoms with van der Waals surface area (Å²) in [6.45, 7) is 3.53. The van der Waals surface area contributed by atoms with Crippen molar-refractivity contribution in [3.05, 3.63) is 56.7 Å². The van der Waals surface area contributed by atoms with Gasteiger partial charge in [0.15, 0.2) is 11.5 Å². The Hall–Kier alpha value is -1.21. The minimum absolute atomic E-state index is 0.536. The largest absolute Gasteiger partial charge is 0.493 e. The van der Waals surface area contributed by atoms with Crippen molar-refractivity contribution in [3.8, 4) is 11.5 Å². The highest BCUT2D eigenvalue weighted by molar-refractivity contribution is 14.1. The van der Waals surface area contributed by atoms with Crippen molar-refractivity contribution in [3.63, 3.8) is 0 Å². The average Bonchev–Trinajstić information content (AvgIpc) is 3.09. The van der Waals surface area contributed by atoms with Crippen molar-refractivity contribution >= 4 is 39.4 Å². The van der Waals surface area contributed by atoms with Gasteiger partial charge >= 0.3 is 0 Å². The van der Waals surface area contributed by atoms with E-state index < -0.39 is 0 Å². The van der Waals surface area contributed by atoms with E-state index in [0.717, 1.165) is 38.0 Å². The molecule has 0 amide bonds. The highest BCUT2D eigenvalue weighted by Crippen LogP contribution is 2.36. The zero-order valence-electron chi connectivity index (χ0n) is 13.1. The first-order valence-electron chi connectivity index (χ1n) is 7.41. The quantitative estimate of drug-likeness (QED) is 0.634. The van der Waals surface area contributed by atoms with Crippen molar-refractivity contribution in [2.45, 2.75) is 13.5 Å². The lowest BCUT2D eigenvalue weighted by molar-refractivity contribution is 0.281. The van der Waals surface area contributed by atoms with Crippen LogP contribution in [0.3, 0.4) is 0 Å². The Labute approximate surface area is 154 Å². The van der Waals surface area contributed by atoms with Crippen LogP contribution in [0.25, 0.3) is 0 Å².